The van der Waals surface area contributed by atoms with Gasteiger partial charge in [0.25, 0.3) is 0 Å². The van der Waals surface area contributed by atoms with Gasteiger partial charge in [0.05, 0.1) is 5.52 Å². The van der Waals surface area contributed by atoms with Crippen LogP contribution in [0.25, 0.3) is 10.9 Å². The van der Waals surface area contributed by atoms with E-state index in [9.17, 15) is 13.6 Å². The monoisotopic (exact) mass is 498 g/mol. The number of carbonyl (C=O) groups excluding carboxylic acids is 1. The van der Waals surface area contributed by atoms with Crippen molar-refractivity contribution in [2.45, 2.75) is 20.8 Å². The summed E-state index contributed by atoms with van der Waals surface area (Å²) in [6, 6.07) is 4.33. The van der Waals surface area contributed by atoms with E-state index in [2.05, 4.69) is 37.2 Å². The maximum absolute atomic E-state index is 14.9. The number of halogens is 2. The lowest BCUT2D eigenvalue weighted by Crippen LogP contribution is -2.49. The van der Waals surface area contributed by atoms with Crippen LogP contribution in [0.15, 0.2) is 40.1 Å². The Morgan fingerprint density at radius 3 is 2.56 bits per heavy atom. The van der Waals surface area contributed by atoms with E-state index in [1.54, 1.807) is 24.0 Å². The third kappa shape index (κ3) is 5.53. The van der Waals surface area contributed by atoms with Gasteiger partial charge in [0.2, 0.25) is 5.91 Å². The Hall–Kier alpha value is -4.22. The molecule has 1 aliphatic rings. The van der Waals surface area contributed by atoms with Gasteiger partial charge >= 0.3 is 0 Å². The van der Waals surface area contributed by atoms with Gasteiger partial charge in [-0.15, -0.1) is 0 Å². The standard InChI is InChI=1S/C24H28F2N8O2/c1-14-9-17-23(26)19(11-18(25)24(17)29-14)36-13-28-22(34-7-5-33(6-8-34)16(3)35)12-20(27-4)30-21-10-15(2)31-32-21/h9-12,29H,4-8,13H2,1-3H3,(H2,30,31,32)/b20-12+,28-22+. The molecule has 1 fully saturated rings. The fourth-order valence-corrected chi connectivity index (χ4v) is 3.95. The second-order valence-corrected chi connectivity index (χ2v) is 8.44. The average molecular weight is 499 g/mol. The number of amides is 1. The van der Waals surface area contributed by atoms with Crippen LogP contribution in [0.2, 0.25) is 0 Å². The van der Waals surface area contributed by atoms with Crippen LogP contribution in [0.1, 0.15) is 18.3 Å². The predicted molar refractivity (Wildman–Crippen MR) is 134 cm³/mol. The minimum absolute atomic E-state index is 0.00363. The smallest absolute Gasteiger partial charge is 0.219 e. The molecule has 0 spiro atoms. The molecule has 3 heterocycles. The van der Waals surface area contributed by atoms with Gasteiger partial charge in [0.15, 0.2) is 29.9 Å². The molecule has 1 aliphatic heterocycles. The van der Waals surface area contributed by atoms with Gasteiger partial charge in [-0.05, 0) is 26.6 Å². The lowest BCUT2D eigenvalue weighted by Gasteiger charge is -2.35. The minimum Gasteiger partial charge on any atom is -0.468 e. The highest BCUT2D eigenvalue weighted by Crippen LogP contribution is 2.29. The van der Waals surface area contributed by atoms with Crippen molar-refractivity contribution in [3.05, 3.63) is 53.1 Å². The number of nitrogens with zero attached hydrogens (tertiary/aromatic N) is 5. The lowest BCUT2D eigenvalue weighted by atomic mass is 10.2. The summed E-state index contributed by atoms with van der Waals surface area (Å²) in [6.45, 7) is 10.6. The first-order chi connectivity index (χ1) is 17.2. The van der Waals surface area contributed by atoms with Crippen LogP contribution in [0.5, 0.6) is 5.75 Å². The Balaban J connectivity index is 1.57. The second-order valence-electron chi connectivity index (χ2n) is 8.44. The number of fused-ring (bicyclic) bond motifs is 1. The quantitative estimate of drug-likeness (QED) is 0.342. The highest BCUT2D eigenvalue weighted by molar-refractivity contribution is 5.94. The number of aromatic nitrogens is 3. The molecule has 0 aliphatic carbocycles. The molecule has 4 rings (SSSR count). The van der Waals surface area contributed by atoms with Crippen molar-refractivity contribution < 1.29 is 18.3 Å². The first-order valence-electron chi connectivity index (χ1n) is 11.4. The number of ether oxygens (including phenoxy) is 1. The van der Waals surface area contributed by atoms with Crippen molar-refractivity contribution in [3.8, 4) is 5.75 Å². The third-order valence-electron chi connectivity index (χ3n) is 5.80. The van der Waals surface area contributed by atoms with Crippen LogP contribution in [0, 0.1) is 25.5 Å². The zero-order valence-corrected chi connectivity index (χ0v) is 20.4. The Kier molecular flexibility index (Phi) is 7.32. The van der Waals surface area contributed by atoms with Crippen LogP contribution in [0.4, 0.5) is 14.6 Å². The summed E-state index contributed by atoms with van der Waals surface area (Å²) in [7, 11) is 0. The largest absolute Gasteiger partial charge is 0.468 e. The maximum Gasteiger partial charge on any atom is 0.219 e. The molecule has 1 aromatic carbocycles. The number of aliphatic imine (C=N–C) groups is 2. The molecule has 0 atom stereocenters. The molecule has 12 heteroatoms. The van der Waals surface area contributed by atoms with Gasteiger partial charge < -0.3 is 24.8 Å². The van der Waals surface area contributed by atoms with E-state index in [1.165, 1.54) is 13.0 Å². The fraction of sp³-hybridized carbons (Fsp3) is 0.333. The fourth-order valence-electron chi connectivity index (χ4n) is 3.95. The summed E-state index contributed by atoms with van der Waals surface area (Å²) >= 11 is 0. The number of aromatic amines is 2. The predicted octanol–water partition coefficient (Wildman–Crippen LogP) is 3.34. The Labute approximate surface area is 206 Å². The number of anilines is 1. The van der Waals surface area contributed by atoms with Gasteiger partial charge in [-0.3, -0.25) is 9.89 Å². The van der Waals surface area contributed by atoms with Crippen molar-refractivity contribution in [1.82, 2.24) is 25.0 Å². The molecule has 3 aromatic rings. The van der Waals surface area contributed by atoms with Crippen LogP contribution in [0.3, 0.4) is 0 Å². The number of carbonyl (C=O) groups is 1. The van der Waals surface area contributed by atoms with E-state index in [0.29, 0.717) is 49.3 Å². The second kappa shape index (κ2) is 10.6. The van der Waals surface area contributed by atoms with Crippen molar-refractivity contribution in [3.63, 3.8) is 0 Å². The number of amidine groups is 1. The number of nitrogens with one attached hydrogen (secondary N) is 3. The zero-order chi connectivity index (χ0) is 25.8. The SMILES string of the molecule is C=N/C(=C\C(=N/COc1cc(F)c2[nH]c(C)cc2c1F)N1CCN(C(C)=O)CC1)Nc1cc(C)[nH]n1. The van der Waals surface area contributed by atoms with Gasteiger partial charge in [-0.2, -0.15) is 5.10 Å². The number of piperazine rings is 1. The van der Waals surface area contributed by atoms with E-state index < -0.39 is 11.6 Å². The van der Waals surface area contributed by atoms with Crippen LogP contribution < -0.4 is 10.1 Å². The van der Waals surface area contributed by atoms with Crippen LogP contribution in [-0.4, -0.2) is 76.4 Å². The zero-order valence-electron chi connectivity index (χ0n) is 20.4. The molecule has 0 radical (unpaired) electrons. The highest BCUT2D eigenvalue weighted by Gasteiger charge is 2.21. The molecular weight excluding hydrogens is 470 g/mol. The molecule has 0 saturated carbocycles. The maximum atomic E-state index is 14.9. The topological polar surface area (TPSA) is 114 Å². The number of aryl methyl sites for hydroxylation is 2. The van der Waals surface area contributed by atoms with Crippen molar-refractivity contribution in [2.75, 3.05) is 38.2 Å². The summed E-state index contributed by atoms with van der Waals surface area (Å²) in [5.74, 6) is -0.0902. The van der Waals surface area contributed by atoms with Crippen molar-refractivity contribution >= 4 is 35.2 Å². The summed E-state index contributed by atoms with van der Waals surface area (Å²) in [4.78, 5) is 26.7. The van der Waals surface area contributed by atoms with Gasteiger partial charge in [0.1, 0.15) is 11.7 Å². The molecule has 0 bridgehead atoms. The molecule has 190 valence electrons. The van der Waals surface area contributed by atoms with E-state index in [0.717, 1.165) is 11.8 Å². The van der Waals surface area contributed by atoms with E-state index >= 15 is 0 Å². The minimum atomic E-state index is -0.665. The number of H-pyrrole nitrogens is 2. The molecule has 3 N–H and O–H groups in total. The van der Waals surface area contributed by atoms with Crippen molar-refractivity contribution in [1.29, 1.82) is 0 Å². The molecule has 36 heavy (non-hydrogen) atoms. The Morgan fingerprint density at radius 2 is 1.92 bits per heavy atom. The number of hydrogen-bond acceptors (Lipinski definition) is 6. The lowest BCUT2D eigenvalue weighted by molar-refractivity contribution is -0.130. The molecule has 10 nitrogen and oxygen atoms in total. The average Bonchev–Trinajstić information content (AvgIpc) is 3.46. The highest BCUT2D eigenvalue weighted by atomic mass is 19.1. The third-order valence-corrected chi connectivity index (χ3v) is 5.80. The van der Waals surface area contributed by atoms with Crippen LogP contribution >= 0.6 is 0 Å². The molecular formula is C24H28F2N8O2. The Morgan fingerprint density at radius 1 is 1.19 bits per heavy atom. The summed E-state index contributed by atoms with van der Waals surface area (Å²) in [5, 5.41) is 10.1. The summed E-state index contributed by atoms with van der Waals surface area (Å²) < 4.78 is 34.9. The summed E-state index contributed by atoms with van der Waals surface area (Å²) in [6.07, 6.45) is 1.67. The first kappa shape index (κ1) is 24.9. The molecule has 1 amide bonds. The van der Waals surface area contributed by atoms with Gasteiger partial charge in [0, 0.05) is 68.1 Å². The Bertz CT molecular complexity index is 1340. The normalized spacial score (nSPS) is 14.9. The van der Waals surface area contributed by atoms with Gasteiger partial charge in [-0.1, -0.05) is 0 Å². The number of rotatable bonds is 7. The van der Waals surface area contributed by atoms with Crippen molar-refractivity contribution in [2.24, 2.45) is 9.98 Å². The number of benzene rings is 1. The van der Waals surface area contributed by atoms with E-state index in [1.807, 2.05) is 11.8 Å². The summed E-state index contributed by atoms with van der Waals surface area (Å²) in [5.41, 5.74) is 1.60. The molecule has 2 aromatic heterocycles. The van der Waals surface area contributed by atoms with Gasteiger partial charge in [-0.25, -0.2) is 18.8 Å². The first-order valence-corrected chi connectivity index (χ1v) is 11.4. The molecule has 0 unspecified atom stereocenters. The van der Waals surface area contributed by atoms with Crippen LogP contribution in [-0.2, 0) is 4.79 Å². The van der Waals surface area contributed by atoms with E-state index in [-0.39, 0.29) is 29.3 Å². The number of hydrogen-bond donors (Lipinski definition) is 3. The molecule has 1 saturated heterocycles. The van der Waals surface area contributed by atoms with E-state index in [4.69, 9.17) is 4.74 Å².